The first-order valence-corrected chi connectivity index (χ1v) is 10.4. The van der Waals surface area contributed by atoms with Crippen LogP contribution in [-0.4, -0.2) is 55.0 Å². The Morgan fingerprint density at radius 2 is 1.92 bits per heavy atom. The minimum absolute atomic E-state index is 0.0685. The molecule has 3 rings (SSSR count). The minimum Gasteiger partial charge on any atom is -0.342 e. The molecule has 2 aliphatic heterocycles. The SMILES string of the molecule is CC(Cc1cc(Cl)ccc1C1CCN(C(=O)CN)CC1)CN1CCCC1. The van der Waals surface area contributed by atoms with Crippen LogP contribution in [0.4, 0.5) is 0 Å². The predicted octanol–water partition coefficient (Wildman–Crippen LogP) is 3.28. The summed E-state index contributed by atoms with van der Waals surface area (Å²) in [6.45, 7) is 7.77. The molecule has 2 saturated heterocycles. The van der Waals surface area contributed by atoms with E-state index in [9.17, 15) is 4.79 Å². The van der Waals surface area contributed by atoms with Crippen molar-refractivity contribution in [3.05, 3.63) is 34.3 Å². The average Bonchev–Trinajstić information content (AvgIpc) is 3.14. The number of nitrogens with zero attached hydrogens (tertiary/aromatic N) is 2. The van der Waals surface area contributed by atoms with Gasteiger partial charge in [0.25, 0.3) is 0 Å². The van der Waals surface area contributed by atoms with Gasteiger partial charge in [-0.1, -0.05) is 24.6 Å². The Balaban J connectivity index is 1.65. The maximum absolute atomic E-state index is 11.8. The summed E-state index contributed by atoms with van der Waals surface area (Å²) in [5.41, 5.74) is 8.33. The third-order valence-electron chi connectivity index (χ3n) is 5.90. The van der Waals surface area contributed by atoms with Gasteiger partial charge in [-0.15, -0.1) is 0 Å². The van der Waals surface area contributed by atoms with Crippen LogP contribution in [0.5, 0.6) is 0 Å². The van der Waals surface area contributed by atoms with Crippen molar-refractivity contribution in [1.29, 1.82) is 0 Å². The third-order valence-corrected chi connectivity index (χ3v) is 6.14. The molecule has 4 nitrogen and oxygen atoms in total. The van der Waals surface area contributed by atoms with Gasteiger partial charge in [0.05, 0.1) is 6.54 Å². The van der Waals surface area contributed by atoms with Crippen LogP contribution < -0.4 is 5.73 Å². The van der Waals surface area contributed by atoms with Crippen LogP contribution in [0.15, 0.2) is 18.2 Å². The van der Waals surface area contributed by atoms with Gasteiger partial charge < -0.3 is 15.5 Å². The smallest absolute Gasteiger partial charge is 0.236 e. The van der Waals surface area contributed by atoms with E-state index in [0.717, 1.165) is 37.4 Å². The highest BCUT2D eigenvalue weighted by Crippen LogP contribution is 2.33. The van der Waals surface area contributed by atoms with Crippen LogP contribution in [0.25, 0.3) is 0 Å². The summed E-state index contributed by atoms with van der Waals surface area (Å²) in [5, 5.41) is 0.827. The number of carbonyl (C=O) groups excluding carboxylic acids is 1. The molecular weight excluding hydrogens is 346 g/mol. The average molecular weight is 378 g/mol. The molecule has 2 N–H and O–H groups in total. The molecule has 0 aliphatic carbocycles. The number of hydrogen-bond acceptors (Lipinski definition) is 3. The monoisotopic (exact) mass is 377 g/mol. The molecule has 2 aliphatic rings. The van der Waals surface area contributed by atoms with Crippen LogP contribution in [0, 0.1) is 5.92 Å². The van der Waals surface area contributed by atoms with E-state index in [1.807, 2.05) is 11.0 Å². The lowest BCUT2D eigenvalue weighted by Gasteiger charge is -2.33. The molecule has 5 heteroatoms. The van der Waals surface area contributed by atoms with Gasteiger partial charge in [0.15, 0.2) is 0 Å². The molecule has 0 aromatic heterocycles. The van der Waals surface area contributed by atoms with Gasteiger partial charge >= 0.3 is 0 Å². The standard InChI is InChI=1S/C21H32ClN3O/c1-16(15-24-8-2-3-9-24)12-18-13-19(22)4-5-20(18)17-6-10-25(11-7-17)21(26)14-23/h4-5,13,16-17H,2-3,6-12,14-15,23H2,1H3. The van der Waals surface area contributed by atoms with Crippen LogP contribution in [-0.2, 0) is 11.2 Å². The highest BCUT2D eigenvalue weighted by atomic mass is 35.5. The highest BCUT2D eigenvalue weighted by Gasteiger charge is 2.25. The maximum atomic E-state index is 11.8. The number of likely N-dealkylation sites (tertiary alicyclic amines) is 2. The number of benzene rings is 1. The molecule has 0 saturated carbocycles. The molecule has 0 spiro atoms. The van der Waals surface area contributed by atoms with Gasteiger partial charge in [-0.25, -0.2) is 0 Å². The molecule has 2 heterocycles. The molecule has 1 unspecified atom stereocenters. The molecule has 2 fully saturated rings. The third kappa shape index (κ3) is 4.99. The van der Waals surface area contributed by atoms with E-state index < -0.39 is 0 Å². The van der Waals surface area contributed by atoms with E-state index >= 15 is 0 Å². The van der Waals surface area contributed by atoms with Gasteiger partial charge in [0.2, 0.25) is 5.91 Å². The Kier molecular flexibility index (Phi) is 6.96. The molecule has 1 atom stereocenters. The predicted molar refractivity (Wildman–Crippen MR) is 108 cm³/mol. The first-order chi connectivity index (χ1) is 12.6. The topological polar surface area (TPSA) is 49.6 Å². The molecule has 144 valence electrons. The zero-order valence-electron chi connectivity index (χ0n) is 15.9. The van der Waals surface area contributed by atoms with Gasteiger partial charge in [0, 0.05) is 24.7 Å². The lowest BCUT2D eigenvalue weighted by Crippen LogP contribution is -2.41. The molecule has 26 heavy (non-hydrogen) atoms. The Labute approximate surface area is 162 Å². The second-order valence-electron chi connectivity index (χ2n) is 8.02. The van der Waals surface area contributed by atoms with Crippen molar-refractivity contribution in [3.63, 3.8) is 0 Å². The lowest BCUT2D eigenvalue weighted by molar-refractivity contribution is -0.130. The quantitative estimate of drug-likeness (QED) is 0.827. The molecule has 0 bridgehead atoms. The summed E-state index contributed by atoms with van der Waals surface area (Å²) in [6.07, 6.45) is 5.79. The Morgan fingerprint density at radius 1 is 1.23 bits per heavy atom. The van der Waals surface area contributed by atoms with E-state index in [-0.39, 0.29) is 12.5 Å². The lowest BCUT2D eigenvalue weighted by atomic mass is 9.84. The number of hydrogen-bond donors (Lipinski definition) is 1. The molecular formula is C21H32ClN3O. The number of rotatable bonds is 6. The summed E-state index contributed by atoms with van der Waals surface area (Å²) in [7, 11) is 0. The zero-order valence-corrected chi connectivity index (χ0v) is 16.7. The van der Waals surface area contributed by atoms with Gasteiger partial charge in [-0.05, 0) is 80.3 Å². The fourth-order valence-corrected chi connectivity index (χ4v) is 4.76. The van der Waals surface area contributed by atoms with E-state index in [0.29, 0.717) is 11.8 Å². The van der Waals surface area contributed by atoms with Crippen molar-refractivity contribution >= 4 is 17.5 Å². The zero-order chi connectivity index (χ0) is 18.5. The van der Waals surface area contributed by atoms with Crippen molar-refractivity contribution in [2.45, 2.75) is 44.9 Å². The van der Waals surface area contributed by atoms with E-state index in [1.165, 1.54) is 43.6 Å². The fraction of sp³-hybridized carbons (Fsp3) is 0.667. The van der Waals surface area contributed by atoms with E-state index in [1.54, 1.807) is 0 Å². The molecule has 1 amide bonds. The van der Waals surface area contributed by atoms with Crippen molar-refractivity contribution in [2.75, 3.05) is 39.3 Å². The molecule has 0 radical (unpaired) electrons. The molecule has 1 aromatic rings. The normalized spacial score (nSPS) is 20.5. The van der Waals surface area contributed by atoms with Gasteiger partial charge in [-0.3, -0.25) is 4.79 Å². The Hall–Kier alpha value is -1.10. The maximum Gasteiger partial charge on any atom is 0.236 e. The number of piperidine rings is 1. The highest BCUT2D eigenvalue weighted by molar-refractivity contribution is 6.30. The second kappa shape index (κ2) is 9.20. The number of nitrogens with two attached hydrogens (primary N) is 1. The number of halogens is 1. The van der Waals surface area contributed by atoms with Gasteiger partial charge in [-0.2, -0.15) is 0 Å². The first-order valence-electron chi connectivity index (χ1n) is 10.1. The van der Waals surface area contributed by atoms with Crippen molar-refractivity contribution in [3.8, 4) is 0 Å². The number of amides is 1. The van der Waals surface area contributed by atoms with Crippen LogP contribution in [0.2, 0.25) is 5.02 Å². The van der Waals surface area contributed by atoms with E-state index in [2.05, 4.69) is 24.0 Å². The summed E-state index contributed by atoms with van der Waals surface area (Å²) < 4.78 is 0. The van der Waals surface area contributed by atoms with Crippen LogP contribution in [0.3, 0.4) is 0 Å². The summed E-state index contributed by atoms with van der Waals surface area (Å²) in [5.74, 6) is 1.21. The van der Waals surface area contributed by atoms with Crippen LogP contribution >= 0.6 is 11.6 Å². The summed E-state index contributed by atoms with van der Waals surface area (Å²) in [4.78, 5) is 16.3. The second-order valence-corrected chi connectivity index (χ2v) is 8.46. The Bertz CT molecular complexity index is 607. The summed E-state index contributed by atoms with van der Waals surface area (Å²) >= 11 is 6.32. The largest absolute Gasteiger partial charge is 0.342 e. The Morgan fingerprint density at radius 3 is 2.58 bits per heavy atom. The van der Waals surface area contributed by atoms with Crippen molar-refractivity contribution in [2.24, 2.45) is 11.7 Å². The van der Waals surface area contributed by atoms with Crippen LogP contribution in [0.1, 0.15) is 49.7 Å². The van der Waals surface area contributed by atoms with Crippen molar-refractivity contribution in [1.82, 2.24) is 9.80 Å². The van der Waals surface area contributed by atoms with Gasteiger partial charge in [0.1, 0.15) is 0 Å². The van der Waals surface area contributed by atoms with E-state index in [4.69, 9.17) is 17.3 Å². The summed E-state index contributed by atoms with van der Waals surface area (Å²) in [6, 6.07) is 6.39. The fourth-order valence-electron chi connectivity index (χ4n) is 4.56. The van der Waals surface area contributed by atoms with Crippen molar-refractivity contribution < 1.29 is 4.79 Å². The molecule has 1 aromatic carbocycles. The minimum atomic E-state index is 0.0685. The number of carbonyl (C=O) groups is 1. The first kappa shape index (κ1) is 19.7.